The number of ether oxygens (including phenoxy) is 1. The van der Waals surface area contributed by atoms with Crippen LogP contribution in [0.4, 0.5) is 0 Å². The molecule has 1 aromatic rings. The summed E-state index contributed by atoms with van der Waals surface area (Å²) >= 11 is 1.83. The summed E-state index contributed by atoms with van der Waals surface area (Å²) in [7, 11) is 1.31. The van der Waals surface area contributed by atoms with E-state index in [9.17, 15) is 14.4 Å². The Morgan fingerprint density at radius 2 is 1.83 bits per heavy atom. The fourth-order valence-electron chi connectivity index (χ4n) is 4.69. The first kappa shape index (κ1) is 22.8. The molecule has 0 saturated carbocycles. The van der Waals surface area contributed by atoms with Gasteiger partial charge in [-0.15, -0.1) is 11.8 Å². The molecule has 2 aliphatic rings. The Morgan fingerprint density at radius 3 is 2.43 bits per heavy atom. The fraction of sp³-hybridized carbons (Fsp3) is 0.609. The zero-order valence-electron chi connectivity index (χ0n) is 18.3. The summed E-state index contributed by atoms with van der Waals surface area (Å²) in [4.78, 5) is 41.0. The molecule has 30 heavy (non-hydrogen) atoms. The largest absolute Gasteiger partial charge is 0.468 e. The molecule has 2 aliphatic heterocycles. The smallest absolute Gasteiger partial charge is 0.326 e. The number of amides is 2. The SMILES string of the molecule is CCCCCCSc1ccc(C2N[C@@](C)(C(=O)OC)C3C(=O)N(CC)C(=O)C23)cc1. The third-order valence-electron chi connectivity index (χ3n) is 6.31. The number of esters is 1. The Kier molecular flexibility index (Phi) is 7.24. The van der Waals surface area contributed by atoms with E-state index >= 15 is 0 Å². The predicted octanol–water partition coefficient (Wildman–Crippen LogP) is 3.56. The van der Waals surface area contributed by atoms with E-state index in [0.29, 0.717) is 6.54 Å². The second-order valence-corrected chi connectivity index (χ2v) is 9.39. The van der Waals surface area contributed by atoms with Gasteiger partial charge in [0.1, 0.15) is 5.54 Å². The molecule has 3 unspecified atom stereocenters. The first-order valence-electron chi connectivity index (χ1n) is 10.8. The Labute approximate surface area is 183 Å². The van der Waals surface area contributed by atoms with E-state index in [1.54, 1.807) is 13.8 Å². The first-order valence-corrected chi connectivity index (χ1v) is 11.8. The first-order chi connectivity index (χ1) is 14.4. The lowest BCUT2D eigenvalue weighted by atomic mass is 9.80. The number of hydrogen-bond acceptors (Lipinski definition) is 6. The van der Waals surface area contributed by atoms with Crippen LogP contribution in [-0.2, 0) is 19.1 Å². The Balaban J connectivity index is 1.80. The molecule has 3 rings (SSSR count). The number of carbonyl (C=O) groups excluding carboxylic acids is 3. The monoisotopic (exact) mass is 432 g/mol. The van der Waals surface area contributed by atoms with Crippen molar-refractivity contribution in [3.05, 3.63) is 29.8 Å². The molecule has 4 atom stereocenters. The van der Waals surface area contributed by atoms with Gasteiger partial charge in [-0.1, -0.05) is 38.3 Å². The van der Waals surface area contributed by atoms with Crippen molar-refractivity contribution in [1.29, 1.82) is 0 Å². The van der Waals surface area contributed by atoms with E-state index in [1.807, 2.05) is 23.9 Å². The molecule has 0 bridgehead atoms. The summed E-state index contributed by atoms with van der Waals surface area (Å²) < 4.78 is 4.99. The van der Waals surface area contributed by atoms with Crippen molar-refractivity contribution in [3.63, 3.8) is 0 Å². The highest BCUT2D eigenvalue weighted by Crippen LogP contribution is 2.49. The quantitative estimate of drug-likeness (QED) is 0.278. The standard InChI is InChI=1S/C23H32N2O4S/c1-5-7-8-9-14-30-16-12-10-15(11-13-16)19-17-18(21(27)25(6-2)20(17)26)23(3,24-19)22(28)29-4/h10-13,17-19,24H,5-9,14H2,1-4H3/t17?,18?,19?,23-/m1/s1. The van der Waals surface area contributed by atoms with Gasteiger partial charge in [-0.25, -0.2) is 0 Å². The molecule has 0 radical (unpaired) electrons. The second kappa shape index (κ2) is 9.52. The van der Waals surface area contributed by atoms with E-state index in [2.05, 4.69) is 24.4 Å². The zero-order chi connectivity index (χ0) is 21.9. The molecule has 1 aromatic carbocycles. The van der Waals surface area contributed by atoms with Crippen LogP contribution in [0.3, 0.4) is 0 Å². The number of unbranched alkanes of at least 4 members (excludes halogenated alkanes) is 3. The van der Waals surface area contributed by atoms with Crippen LogP contribution in [-0.4, -0.2) is 47.6 Å². The third kappa shape index (κ3) is 4.02. The minimum atomic E-state index is -1.23. The molecule has 164 valence electrons. The topological polar surface area (TPSA) is 75.7 Å². The Bertz CT molecular complexity index is 797. The number of likely N-dealkylation sites (tertiary alicyclic amines) is 1. The summed E-state index contributed by atoms with van der Waals surface area (Å²) in [6.45, 7) is 5.96. The normalized spacial score (nSPS) is 28.1. The van der Waals surface area contributed by atoms with Crippen molar-refractivity contribution >= 4 is 29.5 Å². The van der Waals surface area contributed by atoms with Crippen LogP contribution in [0.1, 0.15) is 58.1 Å². The average Bonchev–Trinajstić information content (AvgIpc) is 3.21. The zero-order valence-corrected chi connectivity index (χ0v) is 19.1. The van der Waals surface area contributed by atoms with Gasteiger partial charge in [-0.2, -0.15) is 0 Å². The van der Waals surface area contributed by atoms with Crippen molar-refractivity contribution in [2.24, 2.45) is 11.8 Å². The van der Waals surface area contributed by atoms with Crippen molar-refractivity contribution in [1.82, 2.24) is 10.2 Å². The molecule has 0 spiro atoms. The summed E-state index contributed by atoms with van der Waals surface area (Å²) in [6.07, 6.45) is 4.97. The number of imide groups is 1. The van der Waals surface area contributed by atoms with Gasteiger partial charge in [0.25, 0.3) is 0 Å². The lowest BCUT2D eigenvalue weighted by Crippen LogP contribution is -2.53. The molecule has 0 aliphatic carbocycles. The summed E-state index contributed by atoms with van der Waals surface area (Å²) in [5, 5.41) is 3.28. The van der Waals surface area contributed by atoms with E-state index < -0.39 is 29.4 Å². The van der Waals surface area contributed by atoms with Crippen LogP contribution in [0.25, 0.3) is 0 Å². The highest BCUT2D eigenvalue weighted by Gasteiger charge is 2.66. The Hall–Kier alpha value is -1.86. The van der Waals surface area contributed by atoms with Gasteiger partial charge in [0.05, 0.1) is 18.9 Å². The number of fused-ring (bicyclic) bond motifs is 1. The summed E-state index contributed by atoms with van der Waals surface area (Å²) in [6, 6.07) is 7.71. The molecule has 2 heterocycles. The maximum Gasteiger partial charge on any atom is 0.326 e. The number of nitrogens with one attached hydrogen (secondary N) is 1. The summed E-state index contributed by atoms with van der Waals surface area (Å²) in [5.41, 5.74) is -0.319. The van der Waals surface area contributed by atoms with E-state index in [4.69, 9.17) is 4.74 Å². The predicted molar refractivity (Wildman–Crippen MR) is 117 cm³/mol. The molecule has 7 heteroatoms. The van der Waals surface area contributed by atoms with E-state index in [1.165, 1.54) is 42.6 Å². The van der Waals surface area contributed by atoms with Crippen molar-refractivity contribution in [2.75, 3.05) is 19.4 Å². The van der Waals surface area contributed by atoms with E-state index in [-0.39, 0.29) is 11.8 Å². The second-order valence-electron chi connectivity index (χ2n) is 8.22. The molecule has 0 aromatic heterocycles. The maximum atomic E-state index is 13.0. The number of hydrogen-bond donors (Lipinski definition) is 1. The number of rotatable bonds is 9. The third-order valence-corrected chi connectivity index (χ3v) is 7.41. The van der Waals surface area contributed by atoms with Crippen molar-refractivity contribution in [3.8, 4) is 0 Å². The average molecular weight is 433 g/mol. The van der Waals surface area contributed by atoms with Crippen LogP contribution < -0.4 is 5.32 Å². The van der Waals surface area contributed by atoms with Crippen LogP contribution in [0.15, 0.2) is 29.2 Å². The fourth-order valence-corrected chi connectivity index (χ4v) is 5.60. The highest BCUT2D eigenvalue weighted by atomic mass is 32.2. The van der Waals surface area contributed by atoms with Gasteiger partial charge in [-0.05, 0) is 43.7 Å². The molecule has 1 N–H and O–H groups in total. The van der Waals surface area contributed by atoms with Crippen LogP contribution in [0, 0.1) is 11.8 Å². The molecular weight excluding hydrogens is 400 g/mol. The van der Waals surface area contributed by atoms with Gasteiger partial charge in [0, 0.05) is 17.5 Å². The lowest BCUT2D eigenvalue weighted by Gasteiger charge is -2.28. The molecule has 2 saturated heterocycles. The van der Waals surface area contributed by atoms with Crippen LogP contribution in [0.5, 0.6) is 0 Å². The summed E-state index contributed by atoms with van der Waals surface area (Å²) in [5.74, 6) is -1.30. The van der Waals surface area contributed by atoms with Crippen LogP contribution in [0.2, 0.25) is 0 Å². The number of thioether (sulfide) groups is 1. The van der Waals surface area contributed by atoms with Gasteiger partial charge in [0.15, 0.2) is 0 Å². The van der Waals surface area contributed by atoms with Crippen LogP contribution >= 0.6 is 11.8 Å². The molecule has 6 nitrogen and oxygen atoms in total. The number of methoxy groups -OCH3 is 1. The van der Waals surface area contributed by atoms with Gasteiger partial charge in [0.2, 0.25) is 11.8 Å². The van der Waals surface area contributed by atoms with E-state index in [0.717, 1.165) is 11.3 Å². The minimum Gasteiger partial charge on any atom is -0.468 e. The van der Waals surface area contributed by atoms with Gasteiger partial charge in [-0.3, -0.25) is 24.6 Å². The lowest BCUT2D eigenvalue weighted by molar-refractivity contribution is -0.153. The van der Waals surface area contributed by atoms with Crippen molar-refractivity contribution in [2.45, 2.75) is 62.9 Å². The maximum absolute atomic E-state index is 13.0. The van der Waals surface area contributed by atoms with Crippen molar-refractivity contribution < 1.29 is 19.1 Å². The highest BCUT2D eigenvalue weighted by molar-refractivity contribution is 7.99. The molecule has 2 amide bonds. The molecular formula is C23H32N2O4S. The van der Waals surface area contributed by atoms with Gasteiger partial charge >= 0.3 is 5.97 Å². The van der Waals surface area contributed by atoms with Gasteiger partial charge < -0.3 is 4.74 Å². The number of nitrogens with zero attached hydrogens (tertiary/aromatic N) is 1. The Morgan fingerprint density at radius 1 is 1.13 bits per heavy atom. The number of benzene rings is 1. The number of carbonyl (C=O) groups is 3. The molecule has 2 fully saturated rings. The minimum absolute atomic E-state index is 0.216.